The molecule has 0 radical (unpaired) electrons. The third-order valence-electron chi connectivity index (χ3n) is 6.06. The average Bonchev–Trinajstić information content (AvgIpc) is 3.19. The Labute approximate surface area is 155 Å². The van der Waals surface area contributed by atoms with Crippen LogP contribution in [-0.4, -0.2) is 28.6 Å². The van der Waals surface area contributed by atoms with Gasteiger partial charge in [-0.25, -0.2) is 0 Å². The predicted octanol–water partition coefficient (Wildman–Crippen LogP) is 5.40. The van der Waals surface area contributed by atoms with Gasteiger partial charge < -0.3 is 9.42 Å². The van der Waals surface area contributed by atoms with Gasteiger partial charge in [0, 0.05) is 24.2 Å². The maximum atomic E-state index is 12.7. The molecule has 4 nitrogen and oxygen atoms in total. The SMILES string of the molecule is C[C@H]1CCCCN1C(=O)c1cc(-c2ccc(C3CCCCC3)cc2)on1. The van der Waals surface area contributed by atoms with E-state index in [0.717, 1.165) is 24.9 Å². The van der Waals surface area contributed by atoms with E-state index in [-0.39, 0.29) is 11.9 Å². The number of likely N-dealkylation sites (tertiary alicyclic amines) is 1. The molecule has 1 saturated carbocycles. The molecule has 1 amide bonds. The highest BCUT2D eigenvalue weighted by molar-refractivity contribution is 5.93. The van der Waals surface area contributed by atoms with Gasteiger partial charge >= 0.3 is 0 Å². The number of aromatic nitrogens is 1. The summed E-state index contributed by atoms with van der Waals surface area (Å²) in [4.78, 5) is 14.6. The van der Waals surface area contributed by atoms with Crippen molar-refractivity contribution in [2.24, 2.45) is 0 Å². The number of hydrogen-bond acceptors (Lipinski definition) is 3. The molecule has 1 aromatic carbocycles. The van der Waals surface area contributed by atoms with Crippen molar-refractivity contribution in [3.05, 3.63) is 41.6 Å². The minimum atomic E-state index is -0.00831. The highest BCUT2D eigenvalue weighted by Gasteiger charge is 2.26. The Morgan fingerprint density at radius 2 is 1.77 bits per heavy atom. The van der Waals surface area contributed by atoms with E-state index in [2.05, 4.69) is 36.3 Å². The minimum absolute atomic E-state index is 0.00831. The minimum Gasteiger partial charge on any atom is -0.355 e. The van der Waals surface area contributed by atoms with Crippen molar-refractivity contribution >= 4 is 5.91 Å². The Bertz CT molecular complexity index is 744. The smallest absolute Gasteiger partial charge is 0.276 e. The van der Waals surface area contributed by atoms with Crippen molar-refractivity contribution in [1.29, 1.82) is 0 Å². The van der Waals surface area contributed by atoms with E-state index >= 15 is 0 Å². The molecule has 0 unspecified atom stereocenters. The van der Waals surface area contributed by atoms with E-state index in [4.69, 9.17) is 4.52 Å². The number of carbonyl (C=O) groups is 1. The molecular weight excluding hydrogens is 324 g/mol. The molecule has 1 aromatic heterocycles. The first kappa shape index (κ1) is 17.3. The lowest BCUT2D eigenvalue weighted by molar-refractivity contribution is 0.0625. The first-order chi connectivity index (χ1) is 12.7. The zero-order chi connectivity index (χ0) is 17.9. The zero-order valence-corrected chi connectivity index (χ0v) is 15.6. The van der Waals surface area contributed by atoms with Gasteiger partial charge in [0.15, 0.2) is 11.5 Å². The van der Waals surface area contributed by atoms with Crippen molar-refractivity contribution < 1.29 is 9.32 Å². The lowest BCUT2D eigenvalue weighted by Gasteiger charge is -2.32. The molecule has 2 fully saturated rings. The van der Waals surface area contributed by atoms with Crippen LogP contribution in [-0.2, 0) is 0 Å². The second kappa shape index (κ2) is 7.65. The Kier molecular flexibility index (Phi) is 5.09. The standard InChI is InChI=1S/C22H28N2O2/c1-16-7-5-6-14-24(16)22(25)20-15-21(26-23-20)19-12-10-18(11-13-19)17-8-3-2-4-9-17/h10-13,15-17H,2-9,14H2,1H3/t16-/m0/s1. The van der Waals surface area contributed by atoms with Gasteiger partial charge in [0.2, 0.25) is 0 Å². The van der Waals surface area contributed by atoms with Crippen LogP contribution in [0.15, 0.2) is 34.9 Å². The summed E-state index contributed by atoms with van der Waals surface area (Å²) in [6.07, 6.45) is 10.00. The number of carbonyl (C=O) groups excluding carboxylic acids is 1. The topological polar surface area (TPSA) is 46.3 Å². The van der Waals surface area contributed by atoms with Crippen molar-refractivity contribution in [2.45, 2.75) is 70.3 Å². The Morgan fingerprint density at radius 3 is 2.50 bits per heavy atom. The van der Waals surface area contributed by atoms with E-state index in [9.17, 15) is 4.79 Å². The number of nitrogens with zero attached hydrogens (tertiary/aromatic N) is 2. The molecule has 4 rings (SSSR count). The second-order valence-corrected chi connectivity index (χ2v) is 7.88. The fraction of sp³-hybridized carbons (Fsp3) is 0.545. The zero-order valence-electron chi connectivity index (χ0n) is 15.6. The van der Waals surface area contributed by atoms with Crippen LogP contribution in [0.2, 0.25) is 0 Å². The van der Waals surface area contributed by atoms with Crippen molar-refractivity contribution in [3.63, 3.8) is 0 Å². The maximum absolute atomic E-state index is 12.7. The molecule has 0 bridgehead atoms. The fourth-order valence-corrected chi connectivity index (χ4v) is 4.41. The van der Waals surface area contributed by atoms with Crippen molar-refractivity contribution in [3.8, 4) is 11.3 Å². The van der Waals surface area contributed by atoms with Crippen LogP contribution in [0.1, 0.15) is 80.3 Å². The number of rotatable bonds is 3. The second-order valence-electron chi connectivity index (χ2n) is 7.88. The van der Waals surface area contributed by atoms with Gasteiger partial charge in [0.25, 0.3) is 5.91 Å². The third-order valence-corrected chi connectivity index (χ3v) is 6.06. The summed E-state index contributed by atoms with van der Waals surface area (Å²) in [5, 5.41) is 4.05. The Balaban J connectivity index is 1.48. The van der Waals surface area contributed by atoms with E-state index in [0.29, 0.717) is 17.4 Å². The Hall–Kier alpha value is -2.10. The number of piperidine rings is 1. The summed E-state index contributed by atoms with van der Waals surface area (Å²) >= 11 is 0. The molecule has 138 valence electrons. The van der Waals surface area contributed by atoms with Gasteiger partial charge in [-0.15, -0.1) is 0 Å². The summed E-state index contributed by atoms with van der Waals surface area (Å²) in [5.74, 6) is 1.37. The van der Waals surface area contributed by atoms with E-state index in [1.54, 1.807) is 6.07 Å². The largest absolute Gasteiger partial charge is 0.355 e. The molecule has 0 spiro atoms. The van der Waals surface area contributed by atoms with Crippen LogP contribution in [0, 0.1) is 0 Å². The van der Waals surface area contributed by atoms with Gasteiger partial charge in [-0.3, -0.25) is 4.79 Å². The first-order valence-electron chi connectivity index (χ1n) is 10.1. The van der Waals surface area contributed by atoms with Gasteiger partial charge in [-0.05, 0) is 50.5 Å². The first-order valence-corrected chi connectivity index (χ1v) is 10.1. The quantitative estimate of drug-likeness (QED) is 0.742. The fourth-order valence-electron chi connectivity index (χ4n) is 4.41. The molecule has 1 atom stereocenters. The average molecular weight is 352 g/mol. The van der Waals surface area contributed by atoms with Crippen LogP contribution in [0.3, 0.4) is 0 Å². The van der Waals surface area contributed by atoms with Crippen molar-refractivity contribution in [1.82, 2.24) is 10.1 Å². The van der Waals surface area contributed by atoms with E-state index < -0.39 is 0 Å². The molecule has 26 heavy (non-hydrogen) atoms. The molecular formula is C22H28N2O2. The molecule has 2 heterocycles. The van der Waals surface area contributed by atoms with Gasteiger partial charge in [0.05, 0.1) is 0 Å². The normalized spacial score (nSPS) is 21.7. The number of hydrogen-bond donors (Lipinski definition) is 0. The van der Waals surface area contributed by atoms with E-state index in [1.165, 1.54) is 44.1 Å². The number of amides is 1. The van der Waals surface area contributed by atoms with Gasteiger partial charge in [0.1, 0.15) is 0 Å². The van der Waals surface area contributed by atoms with E-state index in [1.807, 2.05) is 4.90 Å². The molecule has 2 aliphatic rings. The summed E-state index contributed by atoms with van der Waals surface area (Å²) in [6.45, 7) is 2.93. The van der Waals surface area contributed by atoms with Crippen LogP contribution < -0.4 is 0 Å². The van der Waals surface area contributed by atoms with Crippen LogP contribution in [0.4, 0.5) is 0 Å². The summed E-state index contributed by atoms with van der Waals surface area (Å²) in [6, 6.07) is 10.7. The lowest BCUT2D eigenvalue weighted by Crippen LogP contribution is -2.42. The molecule has 1 saturated heterocycles. The molecule has 0 N–H and O–H groups in total. The van der Waals surface area contributed by atoms with Gasteiger partial charge in [-0.1, -0.05) is 48.7 Å². The third kappa shape index (κ3) is 3.55. The highest BCUT2D eigenvalue weighted by atomic mass is 16.5. The van der Waals surface area contributed by atoms with Crippen molar-refractivity contribution in [2.75, 3.05) is 6.54 Å². The van der Waals surface area contributed by atoms with Crippen LogP contribution in [0.25, 0.3) is 11.3 Å². The summed E-state index contributed by atoms with van der Waals surface area (Å²) < 4.78 is 5.49. The maximum Gasteiger partial charge on any atom is 0.276 e. The monoisotopic (exact) mass is 352 g/mol. The summed E-state index contributed by atoms with van der Waals surface area (Å²) in [5.41, 5.74) is 2.83. The molecule has 2 aromatic rings. The number of benzene rings is 1. The van der Waals surface area contributed by atoms with Crippen LogP contribution in [0.5, 0.6) is 0 Å². The van der Waals surface area contributed by atoms with Gasteiger partial charge in [-0.2, -0.15) is 0 Å². The lowest BCUT2D eigenvalue weighted by atomic mass is 9.84. The predicted molar refractivity (Wildman–Crippen MR) is 102 cm³/mol. The molecule has 1 aliphatic carbocycles. The molecule has 4 heteroatoms. The summed E-state index contributed by atoms with van der Waals surface area (Å²) in [7, 11) is 0. The van der Waals surface area contributed by atoms with Crippen LogP contribution >= 0.6 is 0 Å². The Morgan fingerprint density at radius 1 is 1.04 bits per heavy atom. The molecule has 1 aliphatic heterocycles. The highest BCUT2D eigenvalue weighted by Crippen LogP contribution is 2.33.